The molecule has 0 fully saturated rings. The van der Waals surface area contributed by atoms with Gasteiger partial charge in [-0.15, -0.1) is 0 Å². The first-order valence-electron chi connectivity index (χ1n) is 4.28. The fourth-order valence-electron chi connectivity index (χ4n) is 1.41. The van der Waals surface area contributed by atoms with Crippen molar-refractivity contribution in [3.63, 3.8) is 0 Å². The standard InChI is InChI=1S/C11H9Cl2N/c1-8-3-2-6-14(8)11-5-4-9(12)7-10(11)13/h2-7H,1H3. The molecule has 0 atom stereocenters. The van der Waals surface area contributed by atoms with E-state index in [9.17, 15) is 0 Å². The predicted molar refractivity (Wildman–Crippen MR) is 60.5 cm³/mol. The van der Waals surface area contributed by atoms with Crippen molar-refractivity contribution in [3.05, 3.63) is 52.3 Å². The quantitative estimate of drug-likeness (QED) is 0.690. The van der Waals surface area contributed by atoms with Gasteiger partial charge in [0.05, 0.1) is 10.7 Å². The fraction of sp³-hybridized carbons (Fsp3) is 0.0909. The number of halogens is 2. The van der Waals surface area contributed by atoms with Gasteiger partial charge in [-0.3, -0.25) is 0 Å². The highest BCUT2D eigenvalue weighted by Gasteiger charge is 2.04. The average Bonchev–Trinajstić information content (AvgIpc) is 2.52. The number of rotatable bonds is 1. The second-order valence-corrected chi connectivity index (χ2v) is 3.96. The summed E-state index contributed by atoms with van der Waals surface area (Å²) in [5, 5.41) is 1.32. The van der Waals surface area contributed by atoms with Crippen molar-refractivity contribution in [2.24, 2.45) is 0 Å². The summed E-state index contributed by atoms with van der Waals surface area (Å²) in [5.41, 5.74) is 2.10. The summed E-state index contributed by atoms with van der Waals surface area (Å²) in [6, 6.07) is 9.52. The maximum atomic E-state index is 6.09. The SMILES string of the molecule is Cc1cccn1-c1ccc(Cl)cc1Cl. The van der Waals surface area contributed by atoms with Crippen LogP contribution in [0.5, 0.6) is 0 Å². The molecule has 0 radical (unpaired) electrons. The lowest BCUT2D eigenvalue weighted by atomic mass is 10.3. The van der Waals surface area contributed by atoms with E-state index in [-0.39, 0.29) is 0 Å². The van der Waals surface area contributed by atoms with Gasteiger partial charge in [0.25, 0.3) is 0 Å². The number of hydrogen-bond donors (Lipinski definition) is 0. The molecule has 0 N–H and O–H groups in total. The fourth-order valence-corrected chi connectivity index (χ4v) is 1.91. The Kier molecular flexibility index (Phi) is 2.53. The van der Waals surface area contributed by atoms with E-state index in [1.165, 1.54) is 0 Å². The van der Waals surface area contributed by atoms with E-state index in [4.69, 9.17) is 23.2 Å². The van der Waals surface area contributed by atoms with Crippen LogP contribution in [0.15, 0.2) is 36.5 Å². The third-order valence-corrected chi connectivity index (χ3v) is 2.66. The third-order valence-electron chi connectivity index (χ3n) is 2.12. The smallest absolute Gasteiger partial charge is 0.0661 e. The molecule has 0 aliphatic rings. The number of nitrogens with zero attached hydrogens (tertiary/aromatic N) is 1. The van der Waals surface area contributed by atoms with Crippen LogP contribution >= 0.6 is 23.2 Å². The molecule has 0 unspecified atom stereocenters. The van der Waals surface area contributed by atoms with Crippen LogP contribution < -0.4 is 0 Å². The molecule has 1 nitrogen and oxygen atoms in total. The van der Waals surface area contributed by atoms with Gasteiger partial charge in [-0.25, -0.2) is 0 Å². The topological polar surface area (TPSA) is 4.93 Å². The minimum atomic E-state index is 0.656. The van der Waals surface area contributed by atoms with Crippen LogP contribution in [0.3, 0.4) is 0 Å². The molecular weight excluding hydrogens is 217 g/mol. The molecule has 1 aromatic heterocycles. The Morgan fingerprint density at radius 2 is 1.93 bits per heavy atom. The van der Waals surface area contributed by atoms with Crippen molar-refractivity contribution in [1.82, 2.24) is 4.57 Å². The van der Waals surface area contributed by atoms with Gasteiger partial charge >= 0.3 is 0 Å². The molecule has 1 aromatic carbocycles. The van der Waals surface area contributed by atoms with Crippen LogP contribution in [0.1, 0.15) is 5.69 Å². The average molecular weight is 226 g/mol. The summed E-state index contributed by atoms with van der Waals surface area (Å²) in [4.78, 5) is 0. The summed E-state index contributed by atoms with van der Waals surface area (Å²) < 4.78 is 2.03. The molecule has 0 aliphatic carbocycles. The Morgan fingerprint density at radius 3 is 2.50 bits per heavy atom. The maximum Gasteiger partial charge on any atom is 0.0661 e. The van der Waals surface area contributed by atoms with Crippen LogP contribution in [-0.4, -0.2) is 4.57 Å². The van der Waals surface area contributed by atoms with E-state index in [1.807, 2.05) is 42.0 Å². The van der Waals surface area contributed by atoms with Crippen molar-refractivity contribution in [1.29, 1.82) is 0 Å². The van der Waals surface area contributed by atoms with E-state index < -0.39 is 0 Å². The minimum Gasteiger partial charge on any atom is -0.320 e. The Hall–Kier alpha value is -0.920. The Bertz CT molecular complexity index is 460. The molecule has 0 amide bonds. The highest BCUT2D eigenvalue weighted by molar-refractivity contribution is 6.35. The molecular formula is C11H9Cl2N. The highest BCUT2D eigenvalue weighted by Crippen LogP contribution is 2.25. The van der Waals surface area contributed by atoms with Crippen LogP contribution in [0, 0.1) is 6.92 Å². The summed E-state index contributed by atoms with van der Waals surface area (Å²) >= 11 is 11.9. The van der Waals surface area contributed by atoms with E-state index in [0.29, 0.717) is 10.0 Å². The summed E-state index contributed by atoms with van der Waals surface area (Å²) in [6.07, 6.45) is 1.98. The lowest BCUT2D eigenvalue weighted by Crippen LogP contribution is -1.94. The lowest BCUT2D eigenvalue weighted by Gasteiger charge is -2.08. The molecule has 0 saturated carbocycles. The molecule has 0 spiro atoms. The zero-order valence-corrected chi connectivity index (χ0v) is 9.18. The molecule has 72 valence electrons. The van der Waals surface area contributed by atoms with Crippen molar-refractivity contribution >= 4 is 23.2 Å². The Morgan fingerprint density at radius 1 is 1.14 bits per heavy atom. The highest BCUT2D eigenvalue weighted by atomic mass is 35.5. The second-order valence-electron chi connectivity index (χ2n) is 3.12. The van der Waals surface area contributed by atoms with Gasteiger partial charge in [-0.05, 0) is 37.3 Å². The van der Waals surface area contributed by atoms with Gasteiger partial charge in [0.1, 0.15) is 0 Å². The van der Waals surface area contributed by atoms with Crippen molar-refractivity contribution in [2.45, 2.75) is 6.92 Å². The molecule has 2 rings (SSSR count). The molecule has 0 saturated heterocycles. The summed E-state index contributed by atoms with van der Waals surface area (Å²) in [7, 11) is 0. The normalized spacial score (nSPS) is 10.5. The van der Waals surface area contributed by atoms with Crippen molar-refractivity contribution in [3.8, 4) is 5.69 Å². The number of hydrogen-bond acceptors (Lipinski definition) is 0. The molecule has 1 heterocycles. The summed E-state index contributed by atoms with van der Waals surface area (Å²) in [5.74, 6) is 0. The maximum absolute atomic E-state index is 6.09. The van der Waals surface area contributed by atoms with E-state index in [0.717, 1.165) is 11.4 Å². The van der Waals surface area contributed by atoms with E-state index in [1.54, 1.807) is 6.07 Å². The number of benzene rings is 1. The predicted octanol–water partition coefficient (Wildman–Crippen LogP) is 4.09. The van der Waals surface area contributed by atoms with Crippen LogP contribution in [0.25, 0.3) is 5.69 Å². The second kappa shape index (κ2) is 3.68. The molecule has 2 aromatic rings. The zero-order chi connectivity index (χ0) is 10.1. The third kappa shape index (κ3) is 1.66. The van der Waals surface area contributed by atoms with Gasteiger partial charge < -0.3 is 4.57 Å². The Labute approximate surface area is 92.9 Å². The largest absolute Gasteiger partial charge is 0.320 e. The first-order chi connectivity index (χ1) is 6.68. The van der Waals surface area contributed by atoms with Crippen LogP contribution in [0.4, 0.5) is 0 Å². The first-order valence-corrected chi connectivity index (χ1v) is 5.03. The van der Waals surface area contributed by atoms with Gasteiger partial charge in [0, 0.05) is 16.9 Å². The molecule has 0 aliphatic heterocycles. The van der Waals surface area contributed by atoms with Crippen molar-refractivity contribution in [2.75, 3.05) is 0 Å². The summed E-state index contributed by atoms with van der Waals surface area (Å²) in [6.45, 7) is 2.03. The zero-order valence-electron chi connectivity index (χ0n) is 7.67. The number of aryl methyl sites for hydroxylation is 1. The molecule has 3 heteroatoms. The van der Waals surface area contributed by atoms with Gasteiger partial charge in [-0.1, -0.05) is 23.2 Å². The Balaban J connectivity index is 2.58. The van der Waals surface area contributed by atoms with E-state index >= 15 is 0 Å². The first kappa shape index (κ1) is 9.63. The van der Waals surface area contributed by atoms with Gasteiger partial charge in [0.2, 0.25) is 0 Å². The number of aromatic nitrogens is 1. The monoisotopic (exact) mass is 225 g/mol. The minimum absolute atomic E-state index is 0.656. The van der Waals surface area contributed by atoms with Gasteiger partial charge in [0.15, 0.2) is 0 Å². The van der Waals surface area contributed by atoms with Crippen LogP contribution in [-0.2, 0) is 0 Å². The molecule has 14 heavy (non-hydrogen) atoms. The molecule has 0 bridgehead atoms. The lowest BCUT2D eigenvalue weighted by molar-refractivity contribution is 1.02. The van der Waals surface area contributed by atoms with Gasteiger partial charge in [-0.2, -0.15) is 0 Å². The van der Waals surface area contributed by atoms with E-state index in [2.05, 4.69) is 0 Å². The van der Waals surface area contributed by atoms with Crippen molar-refractivity contribution < 1.29 is 0 Å². The van der Waals surface area contributed by atoms with Crippen LogP contribution in [0.2, 0.25) is 10.0 Å².